The summed E-state index contributed by atoms with van der Waals surface area (Å²) in [6.07, 6.45) is 9.57. The monoisotopic (exact) mass is 282 g/mol. The fourth-order valence-electron chi connectivity index (χ4n) is 3.91. The van der Waals surface area contributed by atoms with E-state index >= 15 is 0 Å². The van der Waals surface area contributed by atoms with Gasteiger partial charge in [0.2, 0.25) is 0 Å². The quantitative estimate of drug-likeness (QED) is 0.714. The number of hydrogen-bond acceptors (Lipinski definition) is 2. The Labute approximate surface area is 127 Å². The van der Waals surface area contributed by atoms with Crippen molar-refractivity contribution in [1.82, 2.24) is 10.2 Å². The maximum absolute atomic E-state index is 3.82. The first-order valence-electron chi connectivity index (χ1n) is 8.83. The molecule has 1 aliphatic rings. The zero-order chi connectivity index (χ0) is 15.2. The third-order valence-corrected chi connectivity index (χ3v) is 5.40. The van der Waals surface area contributed by atoms with Crippen LogP contribution in [0.15, 0.2) is 0 Å². The fraction of sp³-hybridized carbons (Fsp3) is 1.00. The van der Waals surface area contributed by atoms with Crippen LogP contribution in [0.2, 0.25) is 0 Å². The third kappa shape index (κ3) is 4.73. The van der Waals surface area contributed by atoms with E-state index < -0.39 is 0 Å². The van der Waals surface area contributed by atoms with Crippen LogP contribution in [0.5, 0.6) is 0 Å². The maximum atomic E-state index is 3.82. The Morgan fingerprint density at radius 2 is 1.75 bits per heavy atom. The topological polar surface area (TPSA) is 15.3 Å². The van der Waals surface area contributed by atoms with E-state index in [1.807, 2.05) is 0 Å². The van der Waals surface area contributed by atoms with Gasteiger partial charge >= 0.3 is 0 Å². The van der Waals surface area contributed by atoms with Gasteiger partial charge in [0.05, 0.1) is 0 Å². The van der Waals surface area contributed by atoms with Crippen molar-refractivity contribution in [1.29, 1.82) is 0 Å². The van der Waals surface area contributed by atoms with Gasteiger partial charge in [-0.3, -0.25) is 0 Å². The van der Waals surface area contributed by atoms with Gasteiger partial charge in [-0.2, -0.15) is 0 Å². The summed E-state index contributed by atoms with van der Waals surface area (Å²) in [5, 5.41) is 3.82. The van der Waals surface area contributed by atoms with Crippen LogP contribution in [-0.2, 0) is 0 Å². The highest BCUT2D eigenvalue weighted by atomic mass is 15.2. The summed E-state index contributed by atoms with van der Waals surface area (Å²) in [5.41, 5.74) is 0.388. The van der Waals surface area contributed by atoms with Crippen LogP contribution in [-0.4, -0.2) is 37.1 Å². The number of likely N-dealkylation sites (N-methyl/N-ethyl adjacent to an activating group) is 2. The first-order valence-corrected chi connectivity index (χ1v) is 8.83. The third-order valence-electron chi connectivity index (χ3n) is 5.40. The number of nitrogens with zero attached hydrogens (tertiary/aromatic N) is 1. The molecule has 0 radical (unpaired) electrons. The minimum absolute atomic E-state index is 0.388. The molecule has 0 saturated heterocycles. The molecule has 0 aliphatic heterocycles. The van der Waals surface area contributed by atoms with Gasteiger partial charge in [-0.1, -0.05) is 40.5 Å². The van der Waals surface area contributed by atoms with Crippen molar-refractivity contribution in [3.63, 3.8) is 0 Å². The van der Waals surface area contributed by atoms with Crippen LogP contribution in [0.25, 0.3) is 0 Å². The Kier molecular flexibility index (Phi) is 7.53. The highest BCUT2D eigenvalue weighted by Gasteiger charge is 2.42. The molecule has 1 rings (SSSR count). The van der Waals surface area contributed by atoms with Crippen molar-refractivity contribution >= 4 is 0 Å². The first kappa shape index (κ1) is 18.0. The summed E-state index contributed by atoms with van der Waals surface area (Å²) in [4.78, 5) is 2.53. The summed E-state index contributed by atoms with van der Waals surface area (Å²) in [7, 11) is 4.59. The molecular weight excluding hydrogens is 244 g/mol. The van der Waals surface area contributed by atoms with E-state index in [9.17, 15) is 0 Å². The van der Waals surface area contributed by atoms with Crippen molar-refractivity contribution in [2.45, 2.75) is 84.2 Å². The van der Waals surface area contributed by atoms with Gasteiger partial charge in [0.25, 0.3) is 0 Å². The van der Waals surface area contributed by atoms with Gasteiger partial charge < -0.3 is 10.2 Å². The molecule has 0 aromatic heterocycles. The Balaban J connectivity index is 2.72. The highest BCUT2D eigenvalue weighted by Crippen LogP contribution is 2.39. The van der Waals surface area contributed by atoms with Gasteiger partial charge in [0.1, 0.15) is 0 Å². The normalized spacial score (nSPS) is 29.1. The predicted octanol–water partition coefficient (Wildman–Crippen LogP) is 4.30. The lowest BCUT2D eigenvalue weighted by Crippen LogP contribution is -2.60. The summed E-state index contributed by atoms with van der Waals surface area (Å²) in [6, 6.07) is 0.661. The predicted molar refractivity (Wildman–Crippen MR) is 90.2 cm³/mol. The van der Waals surface area contributed by atoms with Gasteiger partial charge in [-0.15, -0.1) is 0 Å². The zero-order valence-electron chi connectivity index (χ0n) is 14.8. The second-order valence-corrected chi connectivity index (χ2v) is 7.62. The standard InChI is InChI=1S/C18H38N2/c1-7-19-17(10-8-9-15(2)3)18(20(5)6)13-11-16(4)12-14-18/h15-17,19H,7-14H2,1-6H3. The molecule has 2 heteroatoms. The van der Waals surface area contributed by atoms with Gasteiger partial charge in [-0.05, 0) is 64.6 Å². The summed E-state index contributed by atoms with van der Waals surface area (Å²) >= 11 is 0. The lowest BCUT2D eigenvalue weighted by molar-refractivity contribution is 0.0397. The minimum atomic E-state index is 0.388. The van der Waals surface area contributed by atoms with E-state index in [1.54, 1.807) is 0 Å². The first-order chi connectivity index (χ1) is 9.42. The lowest BCUT2D eigenvalue weighted by atomic mass is 9.70. The van der Waals surface area contributed by atoms with Crippen molar-refractivity contribution < 1.29 is 0 Å². The molecule has 0 spiro atoms. The van der Waals surface area contributed by atoms with E-state index in [2.05, 4.69) is 52.0 Å². The molecule has 0 heterocycles. The Hall–Kier alpha value is -0.0800. The molecule has 2 nitrogen and oxygen atoms in total. The van der Waals surface area contributed by atoms with E-state index in [1.165, 1.54) is 44.9 Å². The van der Waals surface area contributed by atoms with E-state index in [0.29, 0.717) is 11.6 Å². The highest BCUT2D eigenvalue weighted by molar-refractivity contribution is 5.01. The van der Waals surface area contributed by atoms with Crippen LogP contribution in [0, 0.1) is 11.8 Å². The molecule has 20 heavy (non-hydrogen) atoms. The molecule has 1 atom stereocenters. The Morgan fingerprint density at radius 1 is 1.15 bits per heavy atom. The average molecular weight is 283 g/mol. The Bertz CT molecular complexity index is 252. The van der Waals surface area contributed by atoms with E-state index in [4.69, 9.17) is 0 Å². The number of hydrogen-bond donors (Lipinski definition) is 1. The summed E-state index contributed by atoms with van der Waals surface area (Å²) in [6.45, 7) is 10.4. The SMILES string of the molecule is CCNC(CCCC(C)C)C1(N(C)C)CCC(C)CC1. The average Bonchev–Trinajstić information content (AvgIpc) is 2.38. The summed E-state index contributed by atoms with van der Waals surface area (Å²) in [5.74, 6) is 1.75. The molecule has 0 aromatic carbocycles. The van der Waals surface area contributed by atoms with Gasteiger partial charge in [0.15, 0.2) is 0 Å². The van der Waals surface area contributed by atoms with Crippen LogP contribution in [0.1, 0.15) is 72.6 Å². The van der Waals surface area contributed by atoms with Gasteiger partial charge in [-0.25, -0.2) is 0 Å². The molecule has 120 valence electrons. The van der Waals surface area contributed by atoms with Crippen molar-refractivity contribution in [2.24, 2.45) is 11.8 Å². The molecular formula is C18H38N2. The fourth-order valence-corrected chi connectivity index (χ4v) is 3.91. The second-order valence-electron chi connectivity index (χ2n) is 7.62. The zero-order valence-corrected chi connectivity index (χ0v) is 14.8. The molecule has 1 fully saturated rings. The van der Waals surface area contributed by atoms with Crippen LogP contribution < -0.4 is 5.32 Å². The van der Waals surface area contributed by atoms with Crippen molar-refractivity contribution in [3.05, 3.63) is 0 Å². The minimum Gasteiger partial charge on any atom is -0.312 e. The molecule has 0 amide bonds. The second kappa shape index (κ2) is 8.38. The van der Waals surface area contributed by atoms with E-state index in [-0.39, 0.29) is 0 Å². The molecule has 0 aromatic rings. The van der Waals surface area contributed by atoms with Crippen molar-refractivity contribution in [3.8, 4) is 0 Å². The molecule has 1 unspecified atom stereocenters. The Morgan fingerprint density at radius 3 is 2.20 bits per heavy atom. The smallest absolute Gasteiger partial charge is 0.0356 e. The largest absolute Gasteiger partial charge is 0.312 e. The summed E-state index contributed by atoms with van der Waals surface area (Å²) < 4.78 is 0. The van der Waals surface area contributed by atoms with Gasteiger partial charge in [0, 0.05) is 11.6 Å². The lowest BCUT2D eigenvalue weighted by Gasteiger charge is -2.50. The van der Waals surface area contributed by atoms with Crippen LogP contribution in [0.4, 0.5) is 0 Å². The molecule has 1 N–H and O–H groups in total. The molecule has 0 bridgehead atoms. The van der Waals surface area contributed by atoms with E-state index in [0.717, 1.165) is 18.4 Å². The number of rotatable bonds is 8. The van der Waals surface area contributed by atoms with Crippen molar-refractivity contribution in [2.75, 3.05) is 20.6 Å². The van der Waals surface area contributed by atoms with Crippen LogP contribution in [0.3, 0.4) is 0 Å². The molecule has 1 aliphatic carbocycles. The molecule has 1 saturated carbocycles. The maximum Gasteiger partial charge on any atom is 0.0356 e. The number of nitrogens with one attached hydrogen (secondary N) is 1. The van der Waals surface area contributed by atoms with Crippen LogP contribution >= 0.6 is 0 Å².